The molecule has 1 N–H and O–H groups in total. The van der Waals surface area contributed by atoms with Crippen molar-refractivity contribution in [1.29, 1.82) is 0 Å². The minimum atomic E-state index is 0.703. The summed E-state index contributed by atoms with van der Waals surface area (Å²) < 4.78 is 1.00. The van der Waals surface area contributed by atoms with Gasteiger partial charge in [-0.25, -0.2) is 4.98 Å². The molecule has 3 nitrogen and oxygen atoms in total. The van der Waals surface area contributed by atoms with Crippen LogP contribution >= 0.6 is 27.5 Å². The largest absolute Gasteiger partial charge is 0.337 e. The summed E-state index contributed by atoms with van der Waals surface area (Å²) in [6.45, 7) is 2.07. The first-order valence-corrected chi connectivity index (χ1v) is 9.33. The molecule has 2 heterocycles. The van der Waals surface area contributed by atoms with Gasteiger partial charge in [0, 0.05) is 26.8 Å². The summed E-state index contributed by atoms with van der Waals surface area (Å²) in [7, 11) is 0. The van der Waals surface area contributed by atoms with E-state index in [0.29, 0.717) is 5.02 Å². The van der Waals surface area contributed by atoms with E-state index in [1.807, 2.05) is 54.6 Å². The van der Waals surface area contributed by atoms with Gasteiger partial charge in [-0.3, -0.25) is 4.98 Å². The maximum Gasteiger partial charge on any atom is 0.140 e. The minimum Gasteiger partial charge on any atom is -0.337 e. The van der Waals surface area contributed by atoms with Gasteiger partial charge < -0.3 is 4.98 Å². The third-order valence-electron chi connectivity index (χ3n) is 4.20. The molecule has 4 rings (SSSR count). The number of imidazole rings is 1. The average Bonchev–Trinajstić information content (AvgIpc) is 3.08. The van der Waals surface area contributed by atoms with E-state index in [-0.39, 0.29) is 0 Å². The van der Waals surface area contributed by atoms with Crippen LogP contribution in [0.5, 0.6) is 0 Å². The van der Waals surface area contributed by atoms with Gasteiger partial charge in [-0.05, 0) is 42.8 Å². The number of nitrogens with zero attached hydrogens (tertiary/aromatic N) is 2. The molecule has 4 aromatic rings. The molecule has 0 saturated heterocycles. The van der Waals surface area contributed by atoms with Crippen LogP contribution in [0.2, 0.25) is 5.02 Å². The highest BCUT2D eigenvalue weighted by Gasteiger charge is 2.18. The Morgan fingerprint density at radius 1 is 0.962 bits per heavy atom. The van der Waals surface area contributed by atoms with Crippen LogP contribution in [0.25, 0.3) is 34.0 Å². The number of aromatic nitrogens is 3. The predicted octanol–water partition coefficient (Wildman–Crippen LogP) is 6.53. The number of rotatable bonds is 3. The third kappa shape index (κ3) is 3.18. The second kappa shape index (κ2) is 7.06. The predicted molar refractivity (Wildman–Crippen MR) is 110 cm³/mol. The van der Waals surface area contributed by atoms with Crippen molar-refractivity contribution in [2.75, 3.05) is 0 Å². The van der Waals surface area contributed by atoms with E-state index >= 15 is 0 Å². The van der Waals surface area contributed by atoms with Crippen molar-refractivity contribution in [1.82, 2.24) is 15.0 Å². The van der Waals surface area contributed by atoms with Gasteiger partial charge in [0.05, 0.1) is 11.4 Å². The smallest absolute Gasteiger partial charge is 0.140 e. The number of halogens is 2. The van der Waals surface area contributed by atoms with Gasteiger partial charge in [0.25, 0.3) is 0 Å². The molecule has 0 fully saturated rings. The zero-order valence-electron chi connectivity index (χ0n) is 14.0. The maximum absolute atomic E-state index is 6.05. The van der Waals surface area contributed by atoms with E-state index in [0.717, 1.165) is 44.1 Å². The quantitative estimate of drug-likeness (QED) is 0.406. The van der Waals surface area contributed by atoms with Crippen LogP contribution < -0.4 is 0 Å². The van der Waals surface area contributed by atoms with Gasteiger partial charge in [-0.15, -0.1) is 0 Å². The van der Waals surface area contributed by atoms with Crippen LogP contribution in [-0.4, -0.2) is 15.0 Å². The van der Waals surface area contributed by atoms with Gasteiger partial charge in [0.1, 0.15) is 11.5 Å². The zero-order valence-corrected chi connectivity index (χ0v) is 16.3. The highest BCUT2D eigenvalue weighted by molar-refractivity contribution is 9.10. The maximum atomic E-state index is 6.05. The molecular formula is C21H15BrClN3. The average molecular weight is 425 g/mol. The Hall–Kier alpha value is -2.43. The third-order valence-corrected chi connectivity index (χ3v) is 5.12. The van der Waals surface area contributed by atoms with Gasteiger partial charge in [0.2, 0.25) is 0 Å². The van der Waals surface area contributed by atoms with Gasteiger partial charge in [-0.2, -0.15) is 0 Å². The summed E-state index contributed by atoms with van der Waals surface area (Å²) >= 11 is 9.70. The molecule has 0 atom stereocenters. The summed E-state index contributed by atoms with van der Waals surface area (Å²) in [6.07, 6.45) is 1.78. The van der Waals surface area contributed by atoms with Crippen molar-refractivity contribution in [2.45, 2.75) is 6.92 Å². The highest BCUT2D eigenvalue weighted by Crippen LogP contribution is 2.36. The molecule has 0 aliphatic heterocycles. The lowest BCUT2D eigenvalue weighted by Gasteiger charge is -2.05. The number of pyridine rings is 1. The lowest BCUT2D eigenvalue weighted by atomic mass is 10.1. The first-order chi connectivity index (χ1) is 12.6. The van der Waals surface area contributed by atoms with E-state index in [4.69, 9.17) is 16.6 Å². The topological polar surface area (TPSA) is 41.6 Å². The second-order valence-corrected chi connectivity index (χ2v) is 7.25. The summed E-state index contributed by atoms with van der Waals surface area (Å²) in [6, 6.07) is 19.7. The second-order valence-electron chi connectivity index (χ2n) is 5.96. The lowest BCUT2D eigenvalue weighted by Crippen LogP contribution is -1.87. The van der Waals surface area contributed by atoms with Crippen molar-refractivity contribution in [3.05, 3.63) is 81.9 Å². The molecule has 0 aliphatic carbocycles. The molecule has 0 amide bonds. The fourth-order valence-electron chi connectivity index (χ4n) is 2.94. The van der Waals surface area contributed by atoms with Crippen LogP contribution in [-0.2, 0) is 0 Å². The van der Waals surface area contributed by atoms with Crippen molar-refractivity contribution < 1.29 is 0 Å². The molecule has 0 spiro atoms. The molecule has 26 heavy (non-hydrogen) atoms. The molecule has 2 aromatic heterocycles. The Kier molecular flexibility index (Phi) is 4.62. The molecule has 0 bridgehead atoms. The van der Waals surface area contributed by atoms with Crippen molar-refractivity contribution in [2.24, 2.45) is 0 Å². The molecule has 0 aliphatic rings. The molecule has 0 unspecified atom stereocenters. The van der Waals surface area contributed by atoms with E-state index in [9.17, 15) is 0 Å². The Balaban J connectivity index is 1.95. The Bertz CT molecular complexity index is 1040. The van der Waals surface area contributed by atoms with E-state index in [1.165, 1.54) is 0 Å². The monoisotopic (exact) mass is 423 g/mol. The molecule has 0 radical (unpaired) electrons. The number of hydrogen-bond donors (Lipinski definition) is 1. The van der Waals surface area contributed by atoms with Crippen LogP contribution in [0.3, 0.4) is 0 Å². The molecule has 128 valence electrons. The van der Waals surface area contributed by atoms with Gasteiger partial charge in [0.15, 0.2) is 0 Å². The molecule has 0 saturated carbocycles. The minimum absolute atomic E-state index is 0.703. The summed E-state index contributed by atoms with van der Waals surface area (Å²) in [5.74, 6) is 0.806. The SMILES string of the molecule is Cc1cccc(Br)c1-c1nc(-c2ccccn2)c(-c2ccc(Cl)cc2)[nH]1. The van der Waals surface area contributed by atoms with Crippen LogP contribution in [0.15, 0.2) is 71.3 Å². The van der Waals surface area contributed by atoms with Crippen molar-refractivity contribution in [3.8, 4) is 34.0 Å². The number of nitrogens with one attached hydrogen (secondary N) is 1. The number of H-pyrrole nitrogens is 1. The standard InChI is InChI=1S/C21H15BrClN3/c1-13-5-4-6-16(22)18(13)21-25-19(14-8-10-15(23)11-9-14)20(26-21)17-7-2-3-12-24-17/h2-12H,1H3,(H,25,26). The van der Waals surface area contributed by atoms with Gasteiger partial charge >= 0.3 is 0 Å². The van der Waals surface area contributed by atoms with Crippen LogP contribution in [0.4, 0.5) is 0 Å². The van der Waals surface area contributed by atoms with Crippen molar-refractivity contribution in [3.63, 3.8) is 0 Å². The van der Waals surface area contributed by atoms with Gasteiger partial charge in [-0.1, -0.05) is 57.9 Å². The van der Waals surface area contributed by atoms with E-state index in [1.54, 1.807) is 6.20 Å². The first-order valence-electron chi connectivity index (χ1n) is 8.16. The van der Waals surface area contributed by atoms with Crippen LogP contribution in [0.1, 0.15) is 5.56 Å². The molecule has 2 aromatic carbocycles. The normalized spacial score (nSPS) is 10.9. The summed E-state index contributed by atoms with van der Waals surface area (Å²) in [5, 5.41) is 0.703. The Labute approximate surface area is 165 Å². The molecule has 5 heteroatoms. The zero-order chi connectivity index (χ0) is 18.1. The van der Waals surface area contributed by atoms with Crippen LogP contribution in [0, 0.1) is 6.92 Å². The van der Waals surface area contributed by atoms with E-state index in [2.05, 4.69) is 38.9 Å². The summed E-state index contributed by atoms with van der Waals surface area (Å²) in [4.78, 5) is 12.9. The number of benzene rings is 2. The summed E-state index contributed by atoms with van der Waals surface area (Å²) in [5.41, 5.74) is 5.76. The lowest BCUT2D eigenvalue weighted by molar-refractivity contribution is 1.26. The fourth-order valence-corrected chi connectivity index (χ4v) is 3.72. The Morgan fingerprint density at radius 2 is 1.77 bits per heavy atom. The highest BCUT2D eigenvalue weighted by atomic mass is 79.9. The number of aryl methyl sites for hydroxylation is 1. The number of aromatic amines is 1. The number of hydrogen-bond acceptors (Lipinski definition) is 2. The van der Waals surface area contributed by atoms with E-state index < -0.39 is 0 Å². The Morgan fingerprint density at radius 3 is 2.46 bits per heavy atom. The first kappa shape index (κ1) is 17.0. The molecular weight excluding hydrogens is 410 g/mol. The fraction of sp³-hybridized carbons (Fsp3) is 0.0476. The van der Waals surface area contributed by atoms with Crippen molar-refractivity contribution >= 4 is 27.5 Å².